The van der Waals surface area contributed by atoms with Crippen molar-refractivity contribution in [2.45, 2.75) is 25.0 Å². The lowest BCUT2D eigenvalue weighted by Gasteiger charge is -2.32. The van der Waals surface area contributed by atoms with Gasteiger partial charge in [-0.1, -0.05) is 36.4 Å². The van der Waals surface area contributed by atoms with Gasteiger partial charge in [0.05, 0.1) is 38.9 Å². The summed E-state index contributed by atoms with van der Waals surface area (Å²) in [6, 6.07) is 13.8. The van der Waals surface area contributed by atoms with Crippen LogP contribution in [0.2, 0.25) is 0 Å². The standard InChI is InChI=1S/C21H27NO5/c1-14(20(24)15-8-6-5-7-9-15)22(2)21(25)17(13-23)16-10-11-18(26-3)19(12-16)27-4/h5-12,14,17,20,23-24H,13H2,1-4H3/t14-,17+,20+/m0/s1. The van der Waals surface area contributed by atoms with Gasteiger partial charge in [-0.25, -0.2) is 0 Å². The van der Waals surface area contributed by atoms with Crippen LogP contribution in [0.15, 0.2) is 48.5 Å². The average Bonchev–Trinajstić information content (AvgIpc) is 2.72. The summed E-state index contributed by atoms with van der Waals surface area (Å²) >= 11 is 0. The van der Waals surface area contributed by atoms with E-state index in [4.69, 9.17) is 9.47 Å². The Bertz CT molecular complexity index is 749. The van der Waals surface area contributed by atoms with E-state index in [1.54, 1.807) is 32.2 Å². The molecule has 146 valence electrons. The Morgan fingerprint density at radius 1 is 1.04 bits per heavy atom. The first-order chi connectivity index (χ1) is 12.9. The molecule has 0 aliphatic rings. The van der Waals surface area contributed by atoms with Gasteiger partial charge in [-0.05, 0) is 30.2 Å². The number of benzene rings is 2. The SMILES string of the molecule is COc1ccc([C@@H](CO)C(=O)N(C)[C@@H](C)[C@@H](O)c2ccccc2)cc1OC. The van der Waals surface area contributed by atoms with Crippen LogP contribution in [0.4, 0.5) is 0 Å². The zero-order valence-electron chi connectivity index (χ0n) is 16.1. The largest absolute Gasteiger partial charge is 0.493 e. The molecule has 2 aromatic carbocycles. The minimum Gasteiger partial charge on any atom is -0.493 e. The molecule has 0 bridgehead atoms. The summed E-state index contributed by atoms with van der Waals surface area (Å²) in [6.45, 7) is 1.42. The lowest BCUT2D eigenvalue weighted by atomic mass is 9.96. The Morgan fingerprint density at radius 2 is 1.67 bits per heavy atom. The molecule has 2 aromatic rings. The van der Waals surface area contributed by atoms with E-state index in [1.807, 2.05) is 30.3 Å². The molecular formula is C21H27NO5. The molecule has 0 radical (unpaired) electrons. The first-order valence-electron chi connectivity index (χ1n) is 8.77. The first-order valence-corrected chi connectivity index (χ1v) is 8.77. The Balaban J connectivity index is 2.22. The predicted octanol–water partition coefficient (Wildman–Crippen LogP) is 2.36. The molecule has 0 spiro atoms. The maximum atomic E-state index is 13.0. The van der Waals surface area contributed by atoms with E-state index in [1.165, 1.54) is 19.1 Å². The molecule has 0 aromatic heterocycles. The minimum atomic E-state index is -0.829. The lowest BCUT2D eigenvalue weighted by Crippen LogP contribution is -2.42. The van der Waals surface area contributed by atoms with Crippen LogP contribution in [-0.2, 0) is 4.79 Å². The molecule has 1 amide bonds. The molecule has 0 unspecified atom stereocenters. The van der Waals surface area contributed by atoms with Gasteiger partial charge in [0.15, 0.2) is 11.5 Å². The number of aliphatic hydroxyl groups is 2. The minimum absolute atomic E-state index is 0.285. The quantitative estimate of drug-likeness (QED) is 0.743. The highest BCUT2D eigenvalue weighted by Gasteiger charge is 2.30. The number of ether oxygens (including phenoxy) is 2. The van der Waals surface area contributed by atoms with E-state index in [0.29, 0.717) is 17.1 Å². The third-order valence-corrected chi connectivity index (χ3v) is 4.85. The summed E-state index contributed by atoms with van der Waals surface area (Å²) < 4.78 is 10.5. The zero-order chi connectivity index (χ0) is 20.0. The third kappa shape index (κ3) is 4.59. The van der Waals surface area contributed by atoms with E-state index in [9.17, 15) is 15.0 Å². The van der Waals surface area contributed by atoms with Crippen LogP contribution in [0.25, 0.3) is 0 Å². The number of nitrogens with zero attached hydrogens (tertiary/aromatic N) is 1. The van der Waals surface area contributed by atoms with Crippen molar-refractivity contribution < 1.29 is 24.5 Å². The van der Waals surface area contributed by atoms with Gasteiger partial charge in [0.25, 0.3) is 0 Å². The molecule has 0 aliphatic carbocycles. The number of hydrogen-bond acceptors (Lipinski definition) is 5. The van der Waals surface area contributed by atoms with Crippen molar-refractivity contribution in [2.24, 2.45) is 0 Å². The van der Waals surface area contributed by atoms with Crippen LogP contribution in [0.5, 0.6) is 11.5 Å². The van der Waals surface area contributed by atoms with Gasteiger partial charge in [0.1, 0.15) is 0 Å². The molecule has 6 heteroatoms. The zero-order valence-corrected chi connectivity index (χ0v) is 16.1. The number of aliphatic hydroxyl groups excluding tert-OH is 2. The number of hydrogen-bond donors (Lipinski definition) is 2. The van der Waals surface area contributed by atoms with Crippen molar-refractivity contribution in [3.8, 4) is 11.5 Å². The van der Waals surface area contributed by atoms with Crippen LogP contribution >= 0.6 is 0 Å². The third-order valence-electron chi connectivity index (χ3n) is 4.85. The highest BCUT2D eigenvalue weighted by atomic mass is 16.5. The Hall–Kier alpha value is -2.57. The molecule has 2 rings (SSSR count). The number of amides is 1. The lowest BCUT2D eigenvalue weighted by molar-refractivity contribution is -0.136. The van der Waals surface area contributed by atoms with Crippen molar-refractivity contribution in [3.05, 3.63) is 59.7 Å². The van der Waals surface area contributed by atoms with E-state index in [0.717, 1.165) is 5.56 Å². The second kappa shape index (κ2) is 9.39. The molecule has 3 atom stereocenters. The monoisotopic (exact) mass is 373 g/mol. The van der Waals surface area contributed by atoms with E-state index >= 15 is 0 Å². The van der Waals surface area contributed by atoms with Gasteiger partial charge >= 0.3 is 0 Å². The maximum Gasteiger partial charge on any atom is 0.232 e. The normalized spacial score (nSPS) is 14.1. The van der Waals surface area contributed by atoms with Crippen LogP contribution in [-0.4, -0.2) is 54.9 Å². The summed E-state index contributed by atoms with van der Waals surface area (Å²) in [5, 5.41) is 20.4. The van der Waals surface area contributed by atoms with Crippen molar-refractivity contribution in [3.63, 3.8) is 0 Å². The van der Waals surface area contributed by atoms with Crippen LogP contribution in [0.3, 0.4) is 0 Å². The van der Waals surface area contributed by atoms with Gasteiger partial charge < -0.3 is 24.6 Å². The topological polar surface area (TPSA) is 79.2 Å². The first kappa shape index (κ1) is 20.7. The van der Waals surface area contributed by atoms with Crippen LogP contribution < -0.4 is 9.47 Å². The van der Waals surface area contributed by atoms with Gasteiger partial charge in [-0.15, -0.1) is 0 Å². The molecule has 0 saturated heterocycles. The highest BCUT2D eigenvalue weighted by Crippen LogP contribution is 2.32. The van der Waals surface area contributed by atoms with Crippen molar-refractivity contribution in [1.29, 1.82) is 0 Å². The smallest absolute Gasteiger partial charge is 0.232 e. The Kier molecular flexibility index (Phi) is 7.21. The molecule has 0 saturated carbocycles. The number of carbonyl (C=O) groups excluding carboxylic acids is 1. The fraction of sp³-hybridized carbons (Fsp3) is 0.381. The van der Waals surface area contributed by atoms with Crippen LogP contribution in [0, 0.1) is 0 Å². The van der Waals surface area contributed by atoms with Crippen molar-refractivity contribution in [1.82, 2.24) is 4.90 Å². The molecule has 2 N–H and O–H groups in total. The van der Waals surface area contributed by atoms with Gasteiger partial charge in [0, 0.05) is 7.05 Å². The number of carbonyl (C=O) groups is 1. The van der Waals surface area contributed by atoms with Crippen LogP contribution in [0.1, 0.15) is 30.1 Å². The number of likely N-dealkylation sites (N-methyl/N-ethyl adjacent to an activating group) is 1. The summed E-state index contributed by atoms with van der Waals surface area (Å²) in [5.41, 5.74) is 1.35. The predicted molar refractivity (Wildman–Crippen MR) is 103 cm³/mol. The molecule has 0 aliphatic heterocycles. The Labute approximate surface area is 160 Å². The maximum absolute atomic E-state index is 13.0. The second-order valence-corrected chi connectivity index (χ2v) is 6.39. The molecule has 6 nitrogen and oxygen atoms in total. The summed E-state index contributed by atoms with van der Waals surface area (Å²) in [5.74, 6) is -0.0136. The molecule has 27 heavy (non-hydrogen) atoms. The summed E-state index contributed by atoms with van der Waals surface area (Å²) in [4.78, 5) is 14.5. The molecule has 0 fully saturated rings. The summed E-state index contributed by atoms with van der Waals surface area (Å²) in [7, 11) is 4.68. The highest BCUT2D eigenvalue weighted by molar-refractivity contribution is 5.84. The van der Waals surface area contributed by atoms with Gasteiger partial charge in [0.2, 0.25) is 5.91 Å². The fourth-order valence-corrected chi connectivity index (χ4v) is 2.98. The molecule has 0 heterocycles. The second-order valence-electron chi connectivity index (χ2n) is 6.39. The average molecular weight is 373 g/mol. The van der Waals surface area contributed by atoms with Crippen molar-refractivity contribution in [2.75, 3.05) is 27.9 Å². The summed E-state index contributed by atoms with van der Waals surface area (Å²) in [6.07, 6.45) is -0.829. The Morgan fingerprint density at radius 3 is 2.22 bits per heavy atom. The van der Waals surface area contributed by atoms with E-state index in [2.05, 4.69) is 0 Å². The number of rotatable bonds is 8. The fourth-order valence-electron chi connectivity index (χ4n) is 2.98. The van der Waals surface area contributed by atoms with E-state index < -0.39 is 18.1 Å². The van der Waals surface area contributed by atoms with E-state index in [-0.39, 0.29) is 12.5 Å². The van der Waals surface area contributed by atoms with Crippen molar-refractivity contribution >= 4 is 5.91 Å². The van der Waals surface area contributed by atoms with Gasteiger partial charge in [-0.3, -0.25) is 4.79 Å². The van der Waals surface area contributed by atoms with Gasteiger partial charge in [-0.2, -0.15) is 0 Å². The molecular weight excluding hydrogens is 346 g/mol. The number of methoxy groups -OCH3 is 2.